The lowest BCUT2D eigenvalue weighted by atomic mass is 10.3. The number of carbonyl (C=O) groups excluding carboxylic acids is 1. The molecule has 0 fully saturated rings. The summed E-state index contributed by atoms with van der Waals surface area (Å²) in [5.41, 5.74) is 0.874. The summed E-state index contributed by atoms with van der Waals surface area (Å²) in [6, 6.07) is 0.472. The maximum atomic E-state index is 11.2. The molecule has 3 N–H and O–H groups in total. The van der Waals surface area contributed by atoms with E-state index in [0.29, 0.717) is 13.0 Å². The van der Waals surface area contributed by atoms with Crippen LogP contribution in [-0.4, -0.2) is 39.5 Å². The molecule has 1 aromatic rings. The van der Waals surface area contributed by atoms with Gasteiger partial charge in [0, 0.05) is 26.2 Å². The summed E-state index contributed by atoms with van der Waals surface area (Å²) in [4.78, 5) is 21.7. The molecule has 0 aromatic carbocycles. The first-order valence-electron chi connectivity index (χ1n) is 5.24. The molecule has 0 aliphatic rings. The van der Waals surface area contributed by atoms with E-state index in [0.717, 1.165) is 5.69 Å². The molecular weight excluding hydrogens is 224 g/mol. The van der Waals surface area contributed by atoms with Crippen molar-refractivity contribution in [2.24, 2.45) is 7.05 Å². The molecule has 0 saturated heterocycles. The molecule has 0 aliphatic carbocycles. The summed E-state index contributed by atoms with van der Waals surface area (Å²) in [5, 5.41) is 17.6. The zero-order chi connectivity index (χ0) is 12.8. The minimum Gasteiger partial charge on any atom is -0.480 e. The third-order valence-electron chi connectivity index (χ3n) is 2.15. The van der Waals surface area contributed by atoms with Crippen LogP contribution in [0.25, 0.3) is 0 Å². The van der Waals surface area contributed by atoms with E-state index < -0.39 is 18.0 Å². The summed E-state index contributed by atoms with van der Waals surface area (Å²) >= 11 is 0. The van der Waals surface area contributed by atoms with E-state index in [1.807, 2.05) is 19.3 Å². The van der Waals surface area contributed by atoms with Gasteiger partial charge in [-0.25, -0.2) is 4.79 Å². The maximum Gasteiger partial charge on any atom is 0.325 e. The van der Waals surface area contributed by atoms with Crippen LogP contribution in [0.3, 0.4) is 0 Å². The standard InChI is InChI=1S/C10H16N4O3/c1-7(9(15)16)12-10(17)11-5-3-8-4-6-14(2)13-8/h4,6-7H,3,5H2,1-2H3,(H,15,16)(H2,11,12,17)/t7-/m1/s1. The molecule has 0 aliphatic heterocycles. The van der Waals surface area contributed by atoms with Crippen molar-refractivity contribution < 1.29 is 14.7 Å². The lowest BCUT2D eigenvalue weighted by Crippen LogP contribution is -2.44. The van der Waals surface area contributed by atoms with E-state index >= 15 is 0 Å². The van der Waals surface area contributed by atoms with Crippen molar-refractivity contribution >= 4 is 12.0 Å². The van der Waals surface area contributed by atoms with Crippen LogP contribution in [0.2, 0.25) is 0 Å². The average molecular weight is 240 g/mol. The number of nitrogens with zero attached hydrogens (tertiary/aromatic N) is 2. The van der Waals surface area contributed by atoms with Crippen LogP contribution < -0.4 is 10.6 Å². The largest absolute Gasteiger partial charge is 0.480 e. The molecule has 1 rings (SSSR count). The van der Waals surface area contributed by atoms with Gasteiger partial charge < -0.3 is 15.7 Å². The molecule has 0 radical (unpaired) electrons. The summed E-state index contributed by atoms with van der Waals surface area (Å²) in [6.07, 6.45) is 2.43. The Bertz CT molecular complexity index is 402. The molecule has 0 saturated carbocycles. The number of urea groups is 1. The highest BCUT2D eigenvalue weighted by atomic mass is 16.4. The maximum absolute atomic E-state index is 11.2. The number of carboxylic acid groups (broad SMARTS) is 1. The second-order valence-corrected chi connectivity index (χ2v) is 3.69. The quantitative estimate of drug-likeness (QED) is 0.660. The van der Waals surface area contributed by atoms with E-state index in [2.05, 4.69) is 15.7 Å². The van der Waals surface area contributed by atoms with Crippen molar-refractivity contribution in [3.8, 4) is 0 Å². The Kier molecular flexibility index (Phi) is 4.50. The van der Waals surface area contributed by atoms with Crippen molar-refractivity contribution in [1.29, 1.82) is 0 Å². The number of nitrogens with one attached hydrogen (secondary N) is 2. The average Bonchev–Trinajstić information content (AvgIpc) is 2.64. The number of amides is 2. The van der Waals surface area contributed by atoms with Gasteiger partial charge >= 0.3 is 12.0 Å². The predicted molar refractivity (Wildman–Crippen MR) is 60.5 cm³/mol. The summed E-state index contributed by atoms with van der Waals surface area (Å²) < 4.78 is 1.68. The Labute approximate surface area is 98.8 Å². The zero-order valence-electron chi connectivity index (χ0n) is 9.80. The highest BCUT2D eigenvalue weighted by molar-refractivity contribution is 5.82. The van der Waals surface area contributed by atoms with Crippen LogP contribution in [0.5, 0.6) is 0 Å². The number of aryl methyl sites for hydroxylation is 1. The van der Waals surface area contributed by atoms with Crippen LogP contribution in [-0.2, 0) is 18.3 Å². The van der Waals surface area contributed by atoms with Gasteiger partial charge in [-0.3, -0.25) is 9.48 Å². The van der Waals surface area contributed by atoms with E-state index in [9.17, 15) is 9.59 Å². The SMILES string of the molecule is C[C@@H](NC(=O)NCCc1ccn(C)n1)C(=O)O. The number of hydrogen-bond donors (Lipinski definition) is 3. The molecule has 94 valence electrons. The van der Waals surface area contributed by atoms with Gasteiger partial charge in [0.15, 0.2) is 0 Å². The fourth-order valence-electron chi connectivity index (χ4n) is 1.21. The van der Waals surface area contributed by atoms with Crippen molar-refractivity contribution in [2.75, 3.05) is 6.54 Å². The number of aliphatic carboxylic acids is 1. The molecular formula is C10H16N4O3. The van der Waals surface area contributed by atoms with Gasteiger partial charge in [-0.1, -0.05) is 0 Å². The van der Waals surface area contributed by atoms with Crippen molar-refractivity contribution in [1.82, 2.24) is 20.4 Å². The molecule has 1 atom stereocenters. The highest BCUT2D eigenvalue weighted by Crippen LogP contribution is 1.93. The first-order chi connectivity index (χ1) is 7.99. The number of rotatable bonds is 5. The zero-order valence-corrected chi connectivity index (χ0v) is 9.80. The van der Waals surface area contributed by atoms with E-state index in [1.54, 1.807) is 4.68 Å². The van der Waals surface area contributed by atoms with Crippen molar-refractivity contribution in [2.45, 2.75) is 19.4 Å². The Morgan fingerprint density at radius 3 is 2.82 bits per heavy atom. The summed E-state index contributed by atoms with van der Waals surface area (Å²) in [5.74, 6) is -1.06. The second kappa shape index (κ2) is 5.88. The van der Waals surface area contributed by atoms with Gasteiger partial charge in [0.05, 0.1) is 5.69 Å². The van der Waals surface area contributed by atoms with Gasteiger partial charge in [0.1, 0.15) is 6.04 Å². The predicted octanol–water partition coefficient (Wildman–Crippen LogP) is -0.265. The van der Waals surface area contributed by atoms with Crippen molar-refractivity contribution in [3.63, 3.8) is 0 Å². The van der Waals surface area contributed by atoms with Crippen LogP contribution in [0.1, 0.15) is 12.6 Å². The minimum absolute atomic E-state index is 0.412. The van der Waals surface area contributed by atoms with Gasteiger partial charge in [-0.2, -0.15) is 5.10 Å². The molecule has 0 bridgehead atoms. The lowest BCUT2D eigenvalue weighted by molar-refractivity contribution is -0.138. The monoisotopic (exact) mass is 240 g/mol. The minimum atomic E-state index is -1.06. The van der Waals surface area contributed by atoms with Crippen molar-refractivity contribution in [3.05, 3.63) is 18.0 Å². The summed E-state index contributed by atoms with van der Waals surface area (Å²) in [6.45, 7) is 1.82. The van der Waals surface area contributed by atoms with Crippen LogP contribution in [0.4, 0.5) is 4.79 Å². The molecule has 7 nitrogen and oxygen atoms in total. The molecule has 1 aromatic heterocycles. The van der Waals surface area contributed by atoms with E-state index in [-0.39, 0.29) is 0 Å². The first-order valence-corrected chi connectivity index (χ1v) is 5.24. The Hall–Kier alpha value is -2.05. The van der Waals surface area contributed by atoms with E-state index in [1.165, 1.54) is 6.92 Å². The Balaban J connectivity index is 2.22. The highest BCUT2D eigenvalue weighted by Gasteiger charge is 2.12. The second-order valence-electron chi connectivity index (χ2n) is 3.69. The number of carbonyl (C=O) groups is 2. The number of carboxylic acids is 1. The normalized spacial score (nSPS) is 11.9. The Morgan fingerprint density at radius 1 is 1.59 bits per heavy atom. The van der Waals surface area contributed by atoms with Gasteiger partial charge in [-0.05, 0) is 13.0 Å². The lowest BCUT2D eigenvalue weighted by Gasteiger charge is -2.09. The third kappa shape index (κ3) is 4.54. The van der Waals surface area contributed by atoms with Gasteiger partial charge in [-0.15, -0.1) is 0 Å². The molecule has 1 heterocycles. The van der Waals surface area contributed by atoms with Gasteiger partial charge in [0.25, 0.3) is 0 Å². The van der Waals surface area contributed by atoms with E-state index in [4.69, 9.17) is 5.11 Å². The fourth-order valence-corrected chi connectivity index (χ4v) is 1.21. The smallest absolute Gasteiger partial charge is 0.325 e. The topological polar surface area (TPSA) is 96.3 Å². The molecule has 0 spiro atoms. The molecule has 0 unspecified atom stereocenters. The van der Waals surface area contributed by atoms with Crippen LogP contribution in [0.15, 0.2) is 12.3 Å². The van der Waals surface area contributed by atoms with Gasteiger partial charge in [0.2, 0.25) is 0 Å². The van der Waals surface area contributed by atoms with Crippen LogP contribution >= 0.6 is 0 Å². The molecule has 2 amide bonds. The fraction of sp³-hybridized carbons (Fsp3) is 0.500. The number of hydrogen-bond acceptors (Lipinski definition) is 3. The third-order valence-corrected chi connectivity index (χ3v) is 2.15. The Morgan fingerprint density at radius 2 is 2.29 bits per heavy atom. The first kappa shape index (κ1) is 13.0. The summed E-state index contributed by atoms with van der Waals surface area (Å²) in [7, 11) is 1.82. The molecule has 17 heavy (non-hydrogen) atoms. The number of aromatic nitrogens is 2. The molecule has 7 heteroatoms. The van der Waals surface area contributed by atoms with Crippen LogP contribution in [0, 0.1) is 0 Å².